The number of piperidine rings is 1. The molecule has 26 heavy (non-hydrogen) atoms. The summed E-state index contributed by atoms with van der Waals surface area (Å²) in [5, 5.41) is 3.90. The van der Waals surface area contributed by atoms with Crippen LogP contribution >= 0.6 is 0 Å². The average Bonchev–Trinajstić information content (AvgIpc) is 3.07. The molecule has 1 fully saturated rings. The highest BCUT2D eigenvalue weighted by Crippen LogP contribution is 2.22. The number of aryl methyl sites for hydroxylation is 1. The Morgan fingerprint density at radius 1 is 1.19 bits per heavy atom. The summed E-state index contributed by atoms with van der Waals surface area (Å²) in [5.41, 5.74) is 2.59. The van der Waals surface area contributed by atoms with Crippen LogP contribution in [0.5, 0.6) is 0 Å². The number of likely N-dealkylation sites (tertiary alicyclic amines) is 1. The molecule has 3 aromatic rings. The Balaban J connectivity index is 1.56. The number of hydrogen-bond donors (Lipinski definition) is 1. The number of hydrogen-bond acceptors (Lipinski definition) is 5. The molecular formula is C19H22N6O. The highest BCUT2D eigenvalue weighted by atomic mass is 16.1. The summed E-state index contributed by atoms with van der Waals surface area (Å²) < 4.78 is 1.93. The van der Waals surface area contributed by atoms with Crippen LogP contribution in [0.3, 0.4) is 0 Å². The number of carbonyl (C=O) groups excluding carboxylic acids is 1. The van der Waals surface area contributed by atoms with Crippen LogP contribution in [0.25, 0.3) is 22.3 Å². The van der Waals surface area contributed by atoms with Crippen LogP contribution in [0.2, 0.25) is 0 Å². The van der Waals surface area contributed by atoms with Crippen LogP contribution in [0.1, 0.15) is 12.8 Å². The quantitative estimate of drug-likeness (QED) is 0.784. The summed E-state index contributed by atoms with van der Waals surface area (Å²) in [5.74, 6) is 0.654. The first kappa shape index (κ1) is 16.7. The molecule has 0 atom stereocenters. The fourth-order valence-corrected chi connectivity index (χ4v) is 3.33. The van der Waals surface area contributed by atoms with E-state index in [1.165, 1.54) is 0 Å². The molecular weight excluding hydrogens is 328 g/mol. The van der Waals surface area contributed by atoms with Gasteiger partial charge < -0.3 is 14.8 Å². The van der Waals surface area contributed by atoms with Gasteiger partial charge in [-0.15, -0.1) is 0 Å². The third kappa shape index (κ3) is 3.30. The van der Waals surface area contributed by atoms with Gasteiger partial charge in [-0.1, -0.05) is 0 Å². The van der Waals surface area contributed by atoms with Gasteiger partial charge in [0.1, 0.15) is 5.82 Å². The van der Waals surface area contributed by atoms with E-state index in [1.807, 2.05) is 29.8 Å². The average molecular weight is 350 g/mol. The molecule has 0 bridgehead atoms. The summed E-state index contributed by atoms with van der Waals surface area (Å²) >= 11 is 0. The second-order valence-electron chi connectivity index (χ2n) is 6.92. The van der Waals surface area contributed by atoms with E-state index in [2.05, 4.69) is 27.2 Å². The second kappa shape index (κ2) is 6.84. The molecule has 0 unspecified atom stereocenters. The Morgan fingerprint density at radius 3 is 2.73 bits per heavy atom. The second-order valence-corrected chi connectivity index (χ2v) is 6.92. The third-order valence-corrected chi connectivity index (χ3v) is 4.99. The van der Waals surface area contributed by atoms with E-state index in [0.29, 0.717) is 5.82 Å². The summed E-state index contributed by atoms with van der Waals surface area (Å²) in [6, 6.07) is 5.78. The molecule has 7 nitrogen and oxygen atoms in total. The smallest absolute Gasteiger partial charge is 0.228 e. The lowest BCUT2D eigenvalue weighted by Crippen LogP contribution is -2.36. The van der Waals surface area contributed by atoms with Gasteiger partial charge in [0.25, 0.3) is 0 Å². The largest absolute Gasteiger partial charge is 0.332 e. The van der Waals surface area contributed by atoms with Gasteiger partial charge in [-0.05, 0) is 45.1 Å². The molecule has 134 valence electrons. The topological polar surface area (TPSA) is 75.9 Å². The zero-order valence-electron chi connectivity index (χ0n) is 15.0. The summed E-state index contributed by atoms with van der Waals surface area (Å²) in [4.78, 5) is 28.0. The van der Waals surface area contributed by atoms with E-state index in [0.717, 1.165) is 48.2 Å². The molecule has 4 rings (SSSR count). The fraction of sp³-hybridized carbons (Fsp3) is 0.368. The Hall–Kier alpha value is -2.80. The van der Waals surface area contributed by atoms with Crippen molar-refractivity contribution in [3.8, 4) is 11.4 Å². The van der Waals surface area contributed by atoms with Gasteiger partial charge in [-0.2, -0.15) is 0 Å². The van der Waals surface area contributed by atoms with Gasteiger partial charge >= 0.3 is 0 Å². The minimum absolute atomic E-state index is 0.0488. The number of nitrogens with zero attached hydrogens (tertiary/aromatic N) is 5. The number of pyridine rings is 2. The van der Waals surface area contributed by atoms with Crippen molar-refractivity contribution in [1.82, 2.24) is 24.4 Å². The molecule has 0 aromatic carbocycles. The number of nitrogens with one attached hydrogen (secondary N) is 1. The lowest BCUT2D eigenvalue weighted by molar-refractivity contribution is -0.121. The molecule has 1 amide bonds. The van der Waals surface area contributed by atoms with Crippen LogP contribution in [0.4, 0.5) is 5.82 Å². The minimum Gasteiger partial charge on any atom is -0.332 e. The monoisotopic (exact) mass is 350 g/mol. The molecule has 1 aliphatic heterocycles. The number of imidazole rings is 1. The number of carbonyl (C=O) groups is 1. The molecule has 1 aliphatic rings. The van der Waals surface area contributed by atoms with Gasteiger partial charge in [-0.3, -0.25) is 4.79 Å². The normalized spacial score (nSPS) is 16.1. The van der Waals surface area contributed by atoms with Crippen molar-refractivity contribution in [2.45, 2.75) is 12.8 Å². The summed E-state index contributed by atoms with van der Waals surface area (Å²) in [6.07, 6.45) is 7.07. The SMILES string of the molecule is CN1CCC(C(=O)Nc2cc3nc(-c4cncn4C)ccc3cn2)CC1. The van der Waals surface area contributed by atoms with Crippen molar-refractivity contribution >= 4 is 22.6 Å². The third-order valence-electron chi connectivity index (χ3n) is 4.99. The molecule has 0 aliphatic carbocycles. The van der Waals surface area contributed by atoms with E-state index in [1.54, 1.807) is 18.7 Å². The Morgan fingerprint density at radius 2 is 2.00 bits per heavy atom. The van der Waals surface area contributed by atoms with E-state index in [-0.39, 0.29) is 11.8 Å². The summed E-state index contributed by atoms with van der Waals surface area (Å²) in [7, 11) is 4.03. The number of aromatic nitrogens is 4. The Labute approximate surface area is 152 Å². The molecule has 1 saturated heterocycles. The van der Waals surface area contributed by atoms with Gasteiger partial charge in [0.05, 0.1) is 29.4 Å². The van der Waals surface area contributed by atoms with E-state index >= 15 is 0 Å². The predicted octanol–water partition coefficient (Wildman–Crippen LogP) is 2.31. The molecule has 7 heteroatoms. The lowest BCUT2D eigenvalue weighted by atomic mass is 9.96. The molecule has 1 N–H and O–H groups in total. The minimum atomic E-state index is 0.0488. The lowest BCUT2D eigenvalue weighted by Gasteiger charge is -2.27. The zero-order valence-corrected chi connectivity index (χ0v) is 15.0. The molecule has 0 spiro atoms. The van der Waals surface area contributed by atoms with Crippen LogP contribution < -0.4 is 5.32 Å². The first-order valence-corrected chi connectivity index (χ1v) is 8.83. The maximum absolute atomic E-state index is 12.5. The Kier molecular flexibility index (Phi) is 4.38. The van der Waals surface area contributed by atoms with Crippen molar-refractivity contribution in [1.29, 1.82) is 0 Å². The first-order valence-electron chi connectivity index (χ1n) is 8.83. The molecule has 0 radical (unpaired) electrons. The number of rotatable bonds is 3. The standard InChI is InChI=1S/C19H22N6O/c1-24-7-5-13(6-8-24)19(26)23-18-9-16-14(10-21-18)3-4-15(22-16)17-11-20-12-25(17)2/h3-4,9-13H,5-8H2,1-2H3,(H,21,23,26). The highest BCUT2D eigenvalue weighted by Gasteiger charge is 2.23. The number of fused-ring (bicyclic) bond motifs is 1. The number of amides is 1. The van der Waals surface area contributed by atoms with Gasteiger partial charge in [-0.25, -0.2) is 15.0 Å². The molecule has 3 aromatic heterocycles. The predicted molar refractivity (Wildman–Crippen MR) is 101 cm³/mol. The van der Waals surface area contributed by atoms with Crippen molar-refractivity contribution in [3.05, 3.63) is 36.9 Å². The van der Waals surface area contributed by atoms with Crippen molar-refractivity contribution in [2.24, 2.45) is 13.0 Å². The van der Waals surface area contributed by atoms with E-state index < -0.39 is 0 Å². The zero-order chi connectivity index (χ0) is 18.1. The number of anilines is 1. The van der Waals surface area contributed by atoms with Gasteiger partial charge in [0.15, 0.2) is 0 Å². The van der Waals surface area contributed by atoms with Crippen LogP contribution in [0, 0.1) is 5.92 Å². The van der Waals surface area contributed by atoms with E-state index in [4.69, 9.17) is 4.98 Å². The van der Waals surface area contributed by atoms with Crippen LogP contribution in [0.15, 0.2) is 36.9 Å². The van der Waals surface area contributed by atoms with Gasteiger partial charge in [0.2, 0.25) is 5.91 Å². The van der Waals surface area contributed by atoms with Crippen LogP contribution in [-0.4, -0.2) is 50.5 Å². The van der Waals surface area contributed by atoms with Gasteiger partial charge in [0, 0.05) is 30.6 Å². The maximum Gasteiger partial charge on any atom is 0.228 e. The molecule has 0 saturated carbocycles. The Bertz CT molecular complexity index is 942. The fourth-order valence-electron chi connectivity index (χ4n) is 3.33. The maximum atomic E-state index is 12.5. The van der Waals surface area contributed by atoms with E-state index in [9.17, 15) is 4.79 Å². The van der Waals surface area contributed by atoms with Crippen molar-refractivity contribution < 1.29 is 4.79 Å². The first-order chi connectivity index (χ1) is 12.6. The highest BCUT2D eigenvalue weighted by molar-refractivity contribution is 5.93. The van der Waals surface area contributed by atoms with Crippen molar-refractivity contribution in [3.63, 3.8) is 0 Å². The van der Waals surface area contributed by atoms with Crippen LogP contribution in [-0.2, 0) is 11.8 Å². The molecule has 4 heterocycles. The van der Waals surface area contributed by atoms with Crippen molar-refractivity contribution in [2.75, 3.05) is 25.5 Å². The summed E-state index contributed by atoms with van der Waals surface area (Å²) in [6.45, 7) is 1.91.